The normalized spacial score (nSPS) is 12.5. The summed E-state index contributed by atoms with van der Waals surface area (Å²) in [7, 11) is 7.36. The topological polar surface area (TPSA) is 288 Å². The summed E-state index contributed by atoms with van der Waals surface area (Å²) in [5.41, 5.74) is 7.87. The molecule has 0 spiro atoms. The van der Waals surface area contributed by atoms with E-state index < -0.39 is 85.1 Å². The number of alkyl halides is 2. The fourth-order valence-corrected chi connectivity index (χ4v) is 10.7. The third-order valence-corrected chi connectivity index (χ3v) is 15.9. The first-order valence-corrected chi connectivity index (χ1v) is 39.9. The number of phenolic OH excluding ortho intramolecular Hbond substituents is 2. The number of aliphatic hydroxyl groups is 1. The molecule has 19 nitrogen and oxygen atoms in total. The molecule has 3 aliphatic rings. The van der Waals surface area contributed by atoms with Crippen LogP contribution < -0.4 is 18.9 Å². The lowest BCUT2D eigenvalue weighted by molar-refractivity contribution is 0.0526. The first-order valence-electron chi connectivity index (χ1n) is 36.0. The van der Waals surface area contributed by atoms with E-state index >= 15 is 0 Å². The minimum absolute atomic E-state index is 0.0323. The Bertz CT molecular complexity index is 4880. The van der Waals surface area contributed by atoms with Crippen LogP contribution in [0.15, 0.2) is 176 Å². The number of allylic oxidation sites excluding steroid dienone is 3. The fourth-order valence-electron chi connectivity index (χ4n) is 10.5. The molecule has 6 N–H and O–H groups in total. The minimum Gasteiger partial charge on any atom is -0.507 e. The molecule has 7 aromatic rings. The van der Waals surface area contributed by atoms with Gasteiger partial charge in [0.05, 0.1) is 12.5 Å². The van der Waals surface area contributed by atoms with Gasteiger partial charge >= 0.3 is 29.8 Å². The Kier molecular flexibility index (Phi) is 43.3. The molecular formula is C89H99Cl4F7O19S. The Morgan fingerprint density at radius 3 is 1.18 bits per heavy atom. The first kappa shape index (κ1) is 106. The molecule has 0 aliphatic carbocycles. The van der Waals surface area contributed by atoms with E-state index in [1.807, 2.05) is 62.3 Å². The number of fused-ring (bicyclic) bond motifs is 3. The number of aliphatic hydroxyl groups excluding tert-OH is 1. The van der Waals surface area contributed by atoms with Crippen LogP contribution in [0.4, 0.5) is 30.7 Å². The van der Waals surface area contributed by atoms with E-state index in [-0.39, 0.29) is 107 Å². The quantitative estimate of drug-likeness (QED) is 0.0103. The van der Waals surface area contributed by atoms with Gasteiger partial charge in [0.2, 0.25) is 9.23 Å². The van der Waals surface area contributed by atoms with Gasteiger partial charge in [0, 0.05) is 85.5 Å². The van der Waals surface area contributed by atoms with Crippen LogP contribution in [0.5, 0.6) is 40.2 Å². The van der Waals surface area contributed by atoms with E-state index in [0.29, 0.717) is 70.1 Å². The Morgan fingerprint density at radius 2 is 0.792 bits per heavy atom. The molecule has 3 aliphatic heterocycles. The van der Waals surface area contributed by atoms with E-state index in [9.17, 15) is 64.9 Å². The number of rotatable bonds is 20. The third kappa shape index (κ3) is 37.8. The van der Waals surface area contributed by atoms with Crippen LogP contribution >= 0.6 is 44.6 Å². The predicted molar refractivity (Wildman–Crippen MR) is 453 cm³/mol. The van der Waals surface area contributed by atoms with Crippen LogP contribution in [0, 0.1) is 40.7 Å². The summed E-state index contributed by atoms with van der Waals surface area (Å²) < 4.78 is 138. The highest BCUT2D eigenvalue weighted by Gasteiger charge is 2.36. The van der Waals surface area contributed by atoms with Crippen molar-refractivity contribution >= 4 is 89.7 Å². The Labute approximate surface area is 715 Å². The van der Waals surface area contributed by atoms with Gasteiger partial charge in [-0.3, -0.25) is 0 Å². The van der Waals surface area contributed by atoms with Gasteiger partial charge in [0.1, 0.15) is 152 Å². The average Bonchev–Trinajstić information content (AvgIpc) is 1.64. The van der Waals surface area contributed by atoms with E-state index in [1.165, 1.54) is 48.5 Å². The van der Waals surface area contributed by atoms with Crippen molar-refractivity contribution < 1.29 is 123 Å². The predicted octanol–water partition coefficient (Wildman–Crippen LogP) is 22.2. The molecule has 0 atom stereocenters. The largest absolute Gasteiger partial charge is 0.507 e. The number of carboxylic acid groups (broad SMARTS) is 2. The molecule has 652 valence electrons. The summed E-state index contributed by atoms with van der Waals surface area (Å²) in [5, 5.41) is 55.1. The van der Waals surface area contributed by atoms with Crippen LogP contribution in [0.25, 0.3) is 6.08 Å². The zero-order valence-electron chi connectivity index (χ0n) is 68.9. The van der Waals surface area contributed by atoms with Crippen molar-refractivity contribution in [2.75, 3.05) is 32.3 Å². The van der Waals surface area contributed by atoms with Crippen molar-refractivity contribution in [3.63, 3.8) is 0 Å². The summed E-state index contributed by atoms with van der Waals surface area (Å²) in [6.07, 6.45) is 3.84. The monoisotopic (exact) mass is 1780 g/mol. The van der Waals surface area contributed by atoms with Crippen molar-refractivity contribution in [3.05, 3.63) is 283 Å². The number of esters is 3. The zero-order chi connectivity index (χ0) is 91.8. The molecule has 7 aromatic carbocycles. The fraction of sp³-hybridized carbons (Fsp3) is 0.315. The molecule has 0 fully saturated rings. The van der Waals surface area contributed by atoms with Gasteiger partial charge in [-0.15, -0.1) is 23.2 Å². The first-order chi connectivity index (χ1) is 55.5. The molecule has 0 saturated heterocycles. The molecule has 0 aromatic heterocycles. The Hall–Kier alpha value is -10.6. The van der Waals surface area contributed by atoms with E-state index in [4.69, 9.17) is 81.0 Å². The molecule has 0 amide bonds. The second kappa shape index (κ2) is 49.2. The summed E-state index contributed by atoms with van der Waals surface area (Å²) in [6.45, 7) is 47.7. The number of benzene rings is 7. The van der Waals surface area contributed by atoms with Crippen LogP contribution in [0.2, 0.25) is 0 Å². The number of carbonyl (C=O) groups excluding carboxylic acids is 3. The number of aromatic carboxylic acids is 2. The number of hydrogen-bond acceptors (Lipinski definition) is 17. The van der Waals surface area contributed by atoms with Crippen LogP contribution in [-0.2, 0) is 61.6 Å². The molecule has 0 saturated carbocycles. The highest BCUT2D eigenvalue weighted by molar-refractivity contribution is 8.26. The van der Waals surface area contributed by atoms with Gasteiger partial charge in [-0.2, -0.15) is 0 Å². The van der Waals surface area contributed by atoms with Crippen molar-refractivity contribution in [1.82, 2.24) is 0 Å². The van der Waals surface area contributed by atoms with Gasteiger partial charge in [0.15, 0.2) is 0 Å². The Morgan fingerprint density at radius 1 is 0.450 bits per heavy atom. The van der Waals surface area contributed by atoms with E-state index in [2.05, 4.69) is 60.8 Å². The number of hydrogen-bond donors (Lipinski definition) is 6. The molecule has 120 heavy (non-hydrogen) atoms. The smallest absolute Gasteiger partial charge is 0.342 e. The van der Waals surface area contributed by atoms with Gasteiger partial charge in [-0.05, 0) is 223 Å². The molecule has 3 heterocycles. The summed E-state index contributed by atoms with van der Waals surface area (Å²) in [4.78, 5) is 56.5. The number of aromatic hydroxyl groups is 3. The number of carboxylic acids is 2. The Balaban J connectivity index is 0.000000468. The number of halogens is 11. The minimum atomic E-state index is -1.67. The third-order valence-electron chi connectivity index (χ3n) is 15.1. The standard InChI is InChI=1S/3C15H17FO3.C11H12ClFO.C11H11FO3.C11H13FO2.C7H5FO3.C4H7Cl.Cl2OS/c2*1-9(2)5-11-6-12(16)7-13(14(11)17)15(18)19-8-10(3)4;1-10(2)8-18-14-6-5-12(16)7-13(14)15(17)19-9-11(3)4;1-11(2)5-7-3-9(13)4-8(6-12)10(7)14-11;1-11(2)5-6-3-7(12)4-8(10(13)14)9(6)15-11;1-11(2)5-7-3-9(12)4-8(6-13)10(7)14-11;8-4-1-2-6(9)5(3-4)7(10)11;1-4(2)3-5;1-4(2)3/h5-7,17H,3,8H2,1-2,4H3;6-7,17H,1,3,5,8H2,2,4H3;5-7H,1,3,8-9H2,2,4H3;3-4H,5-6H2,1-2H3;3-4H,5H2,1-2H3,(H,13,14);3-4,13H,5-6H2,1-2H3;1-3,9H,(H,10,11);1,3H2,2H3;. The number of carbonyl (C=O) groups is 5. The second-order valence-electron chi connectivity index (χ2n) is 29.7. The maximum Gasteiger partial charge on any atom is 0.342 e. The SMILES string of the molecule is C=C(C)CCl.C=C(C)COC(=O)c1cc(F)cc(C=C(C)C)c1O.C=C(C)COC(=O)c1cc(F)cc(CC(=C)C)c1O.C=C(C)COC(=O)c1cc(F)ccc1OCC(=C)C.CC1(C)Cc2cc(F)cc(C(=O)O)c2O1.CC1(C)Cc2cc(F)cc(CCl)c2O1.CC1(C)Cc2cc(F)cc(CO)c2O1.O=C(O)c1cc(F)ccc1O.O=S(Cl)Cl. The molecule has 0 unspecified atom stereocenters. The van der Waals surface area contributed by atoms with Crippen LogP contribution in [-0.4, -0.2) is 114 Å². The van der Waals surface area contributed by atoms with Gasteiger partial charge in [0.25, 0.3) is 0 Å². The van der Waals surface area contributed by atoms with Crippen molar-refractivity contribution in [3.8, 4) is 40.2 Å². The highest BCUT2D eigenvalue weighted by Crippen LogP contribution is 2.42. The summed E-state index contributed by atoms with van der Waals surface area (Å²) >= 11 is 11.0. The van der Waals surface area contributed by atoms with Crippen LogP contribution in [0.1, 0.15) is 188 Å². The van der Waals surface area contributed by atoms with Crippen molar-refractivity contribution in [1.29, 1.82) is 0 Å². The molecule has 10 rings (SSSR count). The number of ether oxygens (including phenoxy) is 7. The zero-order valence-corrected chi connectivity index (χ0v) is 72.7. The van der Waals surface area contributed by atoms with Gasteiger partial charge in [-0.1, -0.05) is 62.3 Å². The molecular weight excluding hydrogens is 1680 g/mol. The average molecular weight is 1780 g/mol. The van der Waals surface area contributed by atoms with E-state index in [1.54, 1.807) is 40.7 Å². The van der Waals surface area contributed by atoms with Crippen molar-refractivity contribution in [2.45, 2.75) is 152 Å². The van der Waals surface area contributed by atoms with E-state index in [0.717, 1.165) is 99.7 Å². The van der Waals surface area contributed by atoms with Crippen LogP contribution in [0.3, 0.4) is 0 Å². The maximum atomic E-state index is 13.5. The summed E-state index contributed by atoms with van der Waals surface area (Å²) in [5.74, 6) is -6.30. The summed E-state index contributed by atoms with van der Waals surface area (Å²) in [6, 6.07) is 18.8. The highest BCUT2D eigenvalue weighted by atomic mass is 36.0. The lowest BCUT2D eigenvalue weighted by Gasteiger charge is -2.17. The molecule has 0 bridgehead atoms. The lowest BCUT2D eigenvalue weighted by Crippen LogP contribution is -2.25. The van der Waals surface area contributed by atoms with Crippen molar-refractivity contribution in [2.24, 2.45) is 0 Å². The van der Waals surface area contributed by atoms with Gasteiger partial charge < -0.3 is 63.8 Å². The molecule has 31 heteroatoms. The maximum absolute atomic E-state index is 13.5. The lowest BCUT2D eigenvalue weighted by atomic mass is 10.0. The van der Waals surface area contributed by atoms with Gasteiger partial charge in [-0.25, -0.2) is 58.9 Å². The molecule has 0 radical (unpaired) electrons. The second-order valence-corrected chi connectivity index (χ2v) is 32.8. The number of phenols is 3.